The van der Waals surface area contributed by atoms with Crippen LogP contribution in [0, 0.1) is 5.92 Å². The zero-order valence-corrected chi connectivity index (χ0v) is 17.3. The highest BCUT2D eigenvalue weighted by atomic mass is 32.2. The van der Waals surface area contributed by atoms with Gasteiger partial charge in [-0.1, -0.05) is 12.1 Å². The number of sulfonamides is 1. The van der Waals surface area contributed by atoms with Crippen LogP contribution in [-0.4, -0.2) is 57.5 Å². The monoisotopic (exact) mass is 436 g/mol. The SMILES string of the molecule is CCOc1cccc(CNC(=NC)NCC2CCN(S(=O)(=O)C(F)(F)F)CC2)c1. The maximum atomic E-state index is 12.6. The fraction of sp³-hybridized carbons (Fsp3) is 0.611. The Hall–Kier alpha value is -2.01. The van der Waals surface area contributed by atoms with Crippen LogP contribution in [0.2, 0.25) is 0 Å². The van der Waals surface area contributed by atoms with E-state index in [1.54, 1.807) is 7.05 Å². The summed E-state index contributed by atoms with van der Waals surface area (Å²) >= 11 is 0. The molecule has 0 aliphatic carbocycles. The van der Waals surface area contributed by atoms with Gasteiger partial charge in [-0.25, -0.2) is 8.42 Å². The normalized spacial score (nSPS) is 17.2. The first-order valence-corrected chi connectivity index (χ1v) is 10.8. The average molecular weight is 437 g/mol. The zero-order chi connectivity index (χ0) is 21.5. The van der Waals surface area contributed by atoms with E-state index in [9.17, 15) is 21.6 Å². The summed E-state index contributed by atoms with van der Waals surface area (Å²) in [6, 6.07) is 7.67. The first-order chi connectivity index (χ1) is 13.7. The van der Waals surface area contributed by atoms with E-state index in [1.807, 2.05) is 31.2 Å². The summed E-state index contributed by atoms with van der Waals surface area (Å²) in [4.78, 5) is 4.14. The Morgan fingerprint density at radius 3 is 2.55 bits per heavy atom. The van der Waals surface area contributed by atoms with Crippen LogP contribution >= 0.6 is 0 Å². The number of piperidine rings is 1. The second-order valence-corrected chi connectivity index (χ2v) is 8.61. The van der Waals surface area contributed by atoms with Crippen LogP contribution < -0.4 is 15.4 Å². The fourth-order valence-corrected chi connectivity index (χ4v) is 4.04. The van der Waals surface area contributed by atoms with Crippen LogP contribution in [0.5, 0.6) is 5.75 Å². The van der Waals surface area contributed by atoms with Gasteiger partial charge in [-0.05, 0) is 43.4 Å². The molecule has 0 saturated carbocycles. The highest BCUT2D eigenvalue weighted by Crippen LogP contribution is 2.30. The minimum Gasteiger partial charge on any atom is -0.494 e. The maximum Gasteiger partial charge on any atom is 0.511 e. The van der Waals surface area contributed by atoms with Gasteiger partial charge in [0.05, 0.1) is 6.61 Å². The smallest absolute Gasteiger partial charge is 0.494 e. The Bertz CT molecular complexity index is 792. The van der Waals surface area contributed by atoms with Crippen LogP contribution in [0.1, 0.15) is 25.3 Å². The van der Waals surface area contributed by atoms with Gasteiger partial charge in [0.25, 0.3) is 0 Å². The standard InChI is InChI=1S/C18H27F3N4O3S/c1-3-28-16-6-4-5-15(11-16)13-24-17(22-2)23-12-14-7-9-25(10-8-14)29(26,27)18(19,20)21/h4-6,11,14H,3,7-10,12-13H2,1-2H3,(H2,22,23,24). The topological polar surface area (TPSA) is 83.0 Å². The number of nitrogens with one attached hydrogen (secondary N) is 2. The van der Waals surface area contributed by atoms with E-state index in [2.05, 4.69) is 15.6 Å². The van der Waals surface area contributed by atoms with Crippen molar-refractivity contribution in [3.63, 3.8) is 0 Å². The van der Waals surface area contributed by atoms with Crippen molar-refractivity contribution in [1.29, 1.82) is 0 Å². The molecule has 2 rings (SSSR count). The molecule has 0 aromatic heterocycles. The molecule has 164 valence electrons. The van der Waals surface area contributed by atoms with Crippen molar-refractivity contribution in [3.8, 4) is 5.75 Å². The number of hydrogen-bond acceptors (Lipinski definition) is 4. The number of ether oxygens (including phenoxy) is 1. The van der Waals surface area contributed by atoms with Crippen LogP contribution in [0.25, 0.3) is 0 Å². The molecular weight excluding hydrogens is 409 g/mol. The molecule has 11 heteroatoms. The van der Waals surface area contributed by atoms with E-state index >= 15 is 0 Å². The van der Waals surface area contributed by atoms with Crippen LogP contribution in [0.3, 0.4) is 0 Å². The van der Waals surface area contributed by atoms with E-state index in [0.717, 1.165) is 11.3 Å². The van der Waals surface area contributed by atoms with Crippen molar-refractivity contribution in [2.45, 2.75) is 31.8 Å². The predicted molar refractivity (Wildman–Crippen MR) is 105 cm³/mol. The first-order valence-electron chi connectivity index (χ1n) is 9.40. The molecule has 1 aromatic carbocycles. The lowest BCUT2D eigenvalue weighted by atomic mass is 9.98. The van der Waals surface area contributed by atoms with Gasteiger partial charge in [-0.2, -0.15) is 17.5 Å². The molecule has 2 N–H and O–H groups in total. The van der Waals surface area contributed by atoms with E-state index < -0.39 is 15.5 Å². The van der Waals surface area contributed by atoms with Crippen LogP contribution in [-0.2, 0) is 16.6 Å². The van der Waals surface area contributed by atoms with E-state index in [0.29, 0.717) is 42.8 Å². The third kappa shape index (κ3) is 6.49. The minimum atomic E-state index is -5.25. The molecule has 7 nitrogen and oxygen atoms in total. The van der Waals surface area contributed by atoms with E-state index in [4.69, 9.17) is 4.74 Å². The quantitative estimate of drug-likeness (QED) is 0.506. The molecule has 0 atom stereocenters. The molecule has 0 unspecified atom stereocenters. The number of guanidine groups is 1. The highest BCUT2D eigenvalue weighted by Gasteiger charge is 2.50. The third-order valence-corrected chi connectivity index (χ3v) is 6.29. The average Bonchev–Trinajstić information content (AvgIpc) is 2.68. The molecule has 1 aliphatic rings. The Labute approximate surface area is 169 Å². The Kier molecular flexibility index (Phi) is 8.14. The van der Waals surface area contributed by atoms with Gasteiger partial charge in [0.2, 0.25) is 0 Å². The molecular formula is C18H27F3N4O3S. The number of alkyl halides is 3. The van der Waals surface area contributed by atoms with Gasteiger partial charge < -0.3 is 15.4 Å². The van der Waals surface area contributed by atoms with Crippen LogP contribution in [0.15, 0.2) is 29.3 Å². The number of aliphatic imine (C=N–C) groups is 1. The van der Waals surface area contributed by atoms with Gasteiger partial charge in [-0.15, -0.1) is 0 Å². The lowest BCUT2D eigenvalue weighted by Gasteiger charge is -2.31. The molecule has 0 radical (unpaired) electrons. The molecule has 1 aliphatic heterocycles. The van der Waals surface area contributed by atoms with Crippen molar-refractivity contribution >= 4 is 16.0 Å². The number of halogens is 3. The second kappa shape index (κ2) is 10.1. The third-order valence-electron chi connectivity index (χ3n) is 4.66. The largest absolute Gasteiger partial charge is 0.511 e. The molecule has 1 saturated heterocycles. The lowest BCUT2D eigenvalue weighted by Crippen LogP contribution is -2.47. The molecule has 0 spiro atoms. The molecule has 29 heavy (non-hydrogen) atoms. The molecule has 0 bridgehead atoms. The van der Waals surface area contributed by atoms with E-state index in [1.165, 1.54) is 0 Å². The fourth-order valence-electron chi connectivity index (χ4n) is 3.06. The number of benzene rings is 1. The van der Waals surface area contributed by atoms with Gasteiger partial charge in [-0.3, -0.25) is 4.99 Å². The van der Waals surface area contributed by atoms with Crippen molar-refractivity contribution in [1.82, 2.24) is 14.9 Å². The predicted octanol–water partition coefficient (Wildman–Crippen LogP) is 2.31. The number of nitrogens with zero attached hydrogens (tertiary/aromatic N) is 2. The van der Waals surface area contributed by atoms with Crippen molar-refractivity contribution in [2.24, 2.45) is 10.9 Å². The summed E-state index contributed by atoms with van der Waals surface area (Å²) in [6.07, 6.45) is 0.714. The number of rotatable bonds is 7. The maximum absolute atomic E-state index is 12.6. The minimum absolute atomic E-state index is 0.0644. The molecule has 0 amide bonds. The van der Waals surface area contributed by atoms with Crippen molar-refractivity contribution < 1.29 is 26.3 Å². The summed E-state index contributed by atoms with van der Waals surface area (Å²) in [6.45, 7) is 3.26. The lowest BCUT2D eigenvalue weighted by molar-refractivity contribution is -0.0496. The molecule has 1 aromatic rings. The van der Waals surface area contributed by atoms with Gasteiger partial charge in [0.1, 0.15) is 5.75 Å². The van der Waals surface area contributed by atoms with E-state index in [-0.39, 0.29) is 19.0 Å². The second-order valence-electron chi connectivity index (χ2n) is 6.68. The van der Waals surface area contributed by atoms with Gasteiger partial charge in [0.15, 0.2) is 5.96 Å². The van der Waals surface area contributed by atoms with Gasteiger partial charge >= 0.3 is 15.5 Å². The Morgan fingerprint density at radius 1 is 1.28 bits per heavy atom. The molecule has 1 fully saturated rings. The highest BCUT2D eigenvalue weighted by molar-refractivity contribution is 7.90. The van der Waals surface area contributed by atoms with Gasteiger partial charge in [0, 0.05) is 33.2 Å². The summed E-state index contributed by atoms with van der Waals surface area (Å²) in [5.74, 6) is 1.42. The summed E-state index contributed by atoms with van der Waals surface area (Å²) < 4.78 is 66.8. The molecule has 1 heterocycles. The Morgan fingerprint density at radius 2 is 1.97 bits per heavy atom. The summed E-state index contributed by atoms with van der Waals surface area (Å²) in [5.41, 5.74) is -4.23. The van der Waals surface area contributed by atoms with Crippen molar-refractivity contribution in [2.75, 3.05) is 33.3 Å². The summed E-state index contributed by atoms with van der Waals surface area (Å²) in [5, 5.41) is 6.33. The Balaban J connectivity index is 1.78. The zero-order valence-electron chi connectivity index (χ0n) is 16.5. The van der Waals surface area contributed by atoms with Crippen molar-refractivity contribution in [3.05, 3.63) is 29.8 Å². The first kappa shape index (κ1) is 23.3. The number of hydrogen-bond donors (Lipinski definition) is 2. The van der Waals surface area contributed by atoms with Crippen LogP contribution in [0.4, 0.5) is 13.2 Å². The summed E-state index contributed by atoms with van der Waals surface area (Å²) in [7, 11) is -3.61.